The molecule has 0 saturated heterocycles. The number of rotatable bonds is 4. The molecule has 7 heteroatoms. The van der Waals surface area contributed by atoms with Gasteiger partial charge in [-0.05, 0) is 33.6 Å². The highest BCUT2D eigenvalue weighted by atomic mass is 79.9. The molecule has 21 heavy (non-hydrogen) atoms. The highest BCUT2D eigenvalue weighted by Gasteiger charge is 2.17. The van der Waals surface area contributed by atoms with Crippen LogP contribution in [0.15, 0.2) is 27.3 Å². The zero-order valence-corrected chi connectivity index (χ0v) is 14.6. The largest absolute Gasteiger partial charge is 0.493 e. The number of anilines is 2. The topological polar surface area (TPSA) is 59.1 Å². The summed E-state index contributed by atoms with van der Waals surface area (Å²) in [5.74, 6) is 2.32. The Kier molecular flexibility index (Phi) is 4.30. The van der Waals surface area contributed by atoms with Gasteiger partial charge in [-0.3, -0.25) is 0 Å². The van der Waals surface area contributed by atoms with Crippen LogP contribution in [0, 0.1) is 0 Å². The summed E-state index contributed by atoms with van der Waals surface area (Å²) in [6.07, 6.45) is 2.69. The third kappa shape index (κ3) is 3.13. The van der Waals surface area contributed by atoms with Crippen molar-refractivity contribution in [2.24, 2.45) is 0 Å². The van der Waals surface area contributed by atoms with Crippen LogP contribution in [0.2, 0.25) is 0 Å². The number of hydrogen-bond donors (Lipinski definition) is 2. The molecule has 1 aliphatic heterocycles. The van der Waals surface area contributed by atoms with Gasteiger partial charge in [0.25, 0.3) is 0 Å². The van der Waals surface area contributed by atoms with Crippen LogP contribution in [0.1, 0.15) is 11.1 Å². The normalized spacial score (nSPS) is 12.7. The van der Waals surface area contributed by atoms with Crippen LogP contribution in [0.3, 0.4) is 0 Å². The van der Waals surface area contributed by atoms with Crippen molar-refractivity contribution in [3.63, 3.8) is 0 Å². The molecule has 0 atom stereocenters. The van der Waals surface area contributed by atoms with Crippen LogP contribution in [0.25, 0.3) is 0 Å². The number of hydrogen-bond acceptors (Lipinski definition) is 5. The predicted octanol–water partition coefficient (Wildman–Crippen LogP) is 3.59. The molecule has 0 radical (unpaired) electrons. The molecule has 2 aromatic rings. The lowest BCUT2D eigenvalue weighted by molar-refractivity contribution is 0.354. The van der Waals surface area contributed by atoms with Gasteiger partial charge >= 0.3 is 0 Å². The molecule has 0 aliphatic carbocycles. The quantitative estimate of drug-likeness (QED) is 0.801. The first-order valence-electron chi connectivity index (χ1n) is 6.55. The Bertz CT molecular complexity index is 678. The van der Waals surface area contributed by atoms with Crippen molar-refractivity contribution in [3.8, 4) is 5.75 Å². The van der Waals surface area contributed by atoms with Crippen molar-refractivity contribution in [1.82, 2.24) is 9.97 Å². The molecule has 0 unspecified atom stereocenters. The standard InChI is InChI=1S/C14H14Br2N4O/c1-17-14-19-7-11(16)13(20-14)18-6-9-5-10(15)4-8-2-3-21-12(8)9/h4-5,7H,2-3,6H2,1H3,(H2,17,18,19,20). The maximum absolute atomic E-state index is 5.73. The smallest absolute Gasteiger partial charge is 0.224 e. The molecule has 0 amide bonds. The first-order valence-corrected chi connectivity index (χ1v) is 8.14. The molecule has 0 bridgehead atoms. The minimum atomic E-state index is 0.580. The van der Waals surface area contributed by atoms with E-state index in [0.29, 0.717) is 12.5 Å². The van der Waals surface area contributed by atoms with E-state index in [1.54, 1.807) is 13.2 Å². The van der Waals surface area contributed by atoms with Gasteiger partial charge in [0.05, 0.1) is 11.1 Å². The van der Waals surface area contributed by atoms with Crippen molar-refractivity contribution in [1.29, 1.82) is 0 Å². The molecule has 1 aromatic carbocycles. The molecular weight excluding hydrogens is 400 g/mol. The van der Waals surface area contributed by atoms with E-state index in [1.807, 2.05) is 0 Å². The molecule has 3 rings (SSSR count). The molecule has 2 heterocycles. The summed E-state index contributed by atoms with van der Waals surface area (Å²) in [5.41, 5.74) is 2.37. The molecule has 110 valence electrons. The van der Waals surface area contributed by atoms with Gasteiger partial charge < -0.3 is 15.4 Å². The van der Waals surface area contributed by atoms with Crippen molar-refractivity contribution >= 4 is 43.6 Å². The van der Waals surface area contributed by atoms with Crippen LogP contribution in [-0.4, -0.2) is 23.6 Å². The number of fused-ring (bicyclic) bond motifs is 1. The van der Waals surface area contributed by atoms with Gasteiger partial charge in [-0.25, -0.2) is 4.98 Å². The Morgan fingerprint density at radius 1 is 1.33 bits per heavy atom. The monoisotopic (exact) mass is 412 g/mol. The number of ether oxygens (including phenoxy) is 1. The molecule has 1 aromatic heterocycles. The van der Waals surface area contributed by atoms with Crippen LogP contribution < -0.4 is 15.4 Å². The molecular formula is C14H14Br2N4O. The number of nitrogens with zero attached hydrogens (tertiary/aromatic N) is 2. The Morgan fingerprint density at radius 3 is 3.00 bits per heavy atom. The first-order chi connectivity index (χ1) is 10.2. The SMILES string of the molecule is CNc1ncc(Br)c(NCc2cc(Br)cc3c2OCC3)n1. The summed E-state index contributed by atoms with van der Waals surface area (Å²) < 4.78 is 7.63. The van der Waals surface area contributed by atoms with E-state index < -0.39 is 0 Å². The summed E-state index contributed by atoms with van der Waals surface area (Å²) in [6, 6.07) is 4.19. The molecule has 0 spiro atoms. The lowest BCUT2D eigenvalue weighted by atomic mass is 10.1. The van der Waals surface area contributed by atoms with Gasteiger partial charge in [-0.15, -0.1) is 0 Å². The second kappa shape index (κ2) is 6.19. The molecule has 5 nitrogen and oxygen atoms in total. The van der Waals surface area contributed by atoms with E-state index in [9.17, 15) is 0 Å². The summed E-state index contributed by atoms with van der Waals surface area (Å²) in [5, 5.41) is 6.25. The van der Waals surface area contributed by atoms with E-state index in [0.717, 1.165) is 39.1 Å². The van der Waals surface area contributed by atoms with Crippen molar-refractivity contribution in [2.75, 3.05) is 24.3 Å². The molecule has 1 aliphatic rings. The van der Waals surface area contributed by atoms with E-state index in [-0.39, 0.29) is 0 Å². The van der Waals surface area contributed by atoms with E-state index in [1.165, 1.54) is 5.56 Å². The molecule has 2 N–H and O–H groups in total. The Hall–Kier alpha value is -1.34. The van der Waals surface area contributed by atoms with Gasteiger partial charge in [0.15, 0.2) is 0 Å². The van der Waals surface area contributed by atoms with E-state index in [4.69, 9.17) is 4.74 Å². The van der Waals surface area contributed by atoms with Gasteiger partial charge in [-0.1, -0.05) is 15.9 Å². The second-order valence-electron chi connectivity index (χ2n) is 4.65. The predicted molar refractivity (Wildman–Crippen MR) is 89.9 cm³/mol. The fraction of sp³-hybridized carbons (Fsp3) is 0.286. The number of nitrogens with one attached hydrogen (secondary N) is 2. The van der Waals surface area contributed by atoms with Crippen LogP contribution >= 0.6 is 31.9 Å². The third-order valence-electron chi connectivity index (χ3n) is 3.24. The summed E-state index contributed by atoms with van der Waals surface area (Å²) in [6.45, 7) is 1.39. The van der Waals surface area contributed by atoms with Crippen LogP contribution in [0.4, 0.5) is 11.8 Å². The first kappa shape index (κ1) is 14.6. The van der Waals surface area contributed by atoms with Crippen molar-refractivity contribution < 1.29 is 4.74 Å². The molecule has 0 fully saturated rings. The van der Waals surface area contributed by atoms with Gasteiger partial charge in [-0.2, -0.15) is 4.98 Å². The maximum atomic E-state index is 5.73. The maximum Gasteiger partial charge on any atom is 0.224 e. The summed E-state index contributed by atoms with van der Waals surface area (Å²) in [7, 11) is 1.79. The second-order valence-corrected chi connectivity index (χ2v) is 6.42. The molecule has 0 saturated carbocycles. The fourth-order valence-electron chi connectivity index (χ4n) is 2.27. The lowest BCUT2D eigenvalue weighted by Crippen LogP contribution is -2.06. The Morgan fingerprint density at radius 2 is 2.19 bits per heavy atom. The zero-order chi connectivity index (χ0) is 14.8. The number of benzene rings is 1. The van der Waals surface area contributed by atoms with E-state index in [2.05, 4.69) is 64.6 Å². The van der Waals surface area contributed by atoms with Crippen molar-refractivity contribution in [2.45, 2.75) is 13.0 Å². The number of aromatic nitrogens is 2. The zero-order valence-electron chi connectivity index (χ0n) is 11.4. The van der Waals surface area contributed by atoms with Gasteiger partial charge in [0.2, 0.25) is 5.95 Å². The van der Waals surface area contributed by atoms with Gasteiger partial charge in [0.1, 0.15) is 11.6 Å². The fourth-order valence-corrected chi connectivity index (χ4v) is 3.15. The summed E-state index contributed by atoms with van der Waals surface area (Å²) in [4.78, 5) is 8.53. The highest BCUT2D eigenvalue weighted by molar-refractivity contribution is 9.10. The highest BCUT2D eigenvalue weighted by Crippen LogP contribution is 2.33. The van der Waals surface area contributed by atoms with Crippen molar-refractivity contribution in [3.05, 3.63) is 38.4 Å². The summed E-state index contributed by atoms with van der Waals surface area (Å²) >= 11 is 7.01. The minimum Gasteiger partial charge on any atom is -0.493 e. The Labute approximate surface area is 139 Å². The average molecular weight is 414 g/mol. The van der Waals surface area contributed by atoms with Gasteiger partial charge in [0, 0.05) is 36.2 Å². The average Bonchev–Trinajstić information content (AvgIpc) is 2.94. The lowest BCUT2D eigenvalue weighted by Gasteiger charge is -2.12. The Balaban J connectivity index is 1.82. The third-order valence-corrected chi connectivity index (χ3v) is 4.28. The van der Waals surface area contributed by atoms with E-state index >= 15 is 0 Å². The van der Waals surface area contributed by atoms with Crippen LogP contribution in [0.5, 0.6) is 5.75 Å². The van der Waals surface area contributed by atoms with Crippen LogP contribution in [-0.2, 0) is 13.0 Å². The minimum absolute atomic E-state index is 0.580. The number of halogens is 2.